The Kier molecular flexibility index (Phi) is 7.86. The van der Waals surface area contributed by atoms with Gasteiger partial charge in [-0.15, -0.1) is 0 Å². The number of para-hydroxylation sites is 2. The van der Waals surface area contributed by atoms with Crippen LogP contribution in [0.4, 0.5) is 10.5 Å². The predicted octanol–water partition coefficient (Wildman–Crippen LogP) is 6.01. The smallest absolute Gasteiger partial charge is 0.322 e. The van der Waals surface area contributed by atoms with Crippen LogP contribution in [0.25, 0.3) is 16.6 Å². The van der Waals surface area contributed by atoms with Crippen LogP contribution in [0.3, 0.4) is 0 Å². The molecule has 1 N–H and O–H groups in total. The number of hydrogen-bond acceptors (Lipinski definition) is 4. The number of amides is 2. The minimum absolute atomic E-state index is 0.174. The zero-order chi connectivity index (χ0) is 25.8. The molecule has 4 aromatic rings. The maximum atomic E-state index is 13.8. The van der Waals surface area contributed by atoms with Crippen LogP contribution in [-0.4, -0.2) is 40.7 Å². The predicted molar refractivity (Wildman–Crippen MR) is 147 cm³/mol. The number of nitrogens with zero attached hydrogens (tertiary/aromatic N) is 3. The summed E-state index contributed by atoms with van der Waals surface area (Å²) in [5, 5.41) is 3.49. The molecule has 0 saturated heterocycles. The number of fused-ring (bicyclic) bond motifs is 1. The van der Waals surface area contributed by atoms with Crippen LogP contribution in [0.15, 0.2) is 76.0 Å². The Balaban J connectivity index is 1.86. The van der Waals surface area contributed by atoms with Crippen LogP contribution in [0.2, 0.25) is 0 Å². The lowest BCUT2D eigenvalue weighted by atomic mass is 10.1. The second kappa shape index (κ2) is 11.1. The van der Waals surface area contributed by atoms with E-state index in [0.29, 0.717) is 35.6 Å². The first-order valence-corrected chi connectivity index (χ1v) is 12.5. The summed E-state index contributed by atoms with van der Waals surface area (Å²) >= 11 is 3.49. The summed E-state index contributed by atoms with van der Waals surface area (Å²) < 4.78 is 7.71. The van der Waals surface area contributed by atoms with E-state index in [2.05, 4.69) is 21.2 Å². The summed E-state index contributed by atoms with van der Waals surface area (Å²) in [7, 11) is 1.59. The molecule has 0 bridgehead atoms. The van der Waals surface area contributed by atoms with E-state index in [1.54, 1.807) is 22.6 Å². The topological polar surface area (TPSA) is 76.5 Å². The summed E-state index contributed by atoms with van der Waals surface area (Å²) in [6, 6.07) is 19.8. The highest BCUT2D eigenvalue weighted by Crippen LogP contribution is 2.27. The van der Waals surface area contributed by atoms with Gasteiger partial charge in [-0.1, -0.05) is 42.0 Å². The molecule has 1 heterocycles. The summed E-state index contributed by atoms with van der Waals surface area (Å²) in [6.07, 6.45) is 0. The second-order valence-corrected chi connectivity index (χ2v) is 9.54. The lowest BCUT2D eigenvalue weighted by Crippen LogP contribution is -2.41. The van der Waals surface area contributed by atoms with Crippen molar-refractivity contribution >= 4 is 38.6 Å². The zero-order valence-corrected chi connectivity index (χ0v) is 22.4. The molecule has 0 spiro atoms. The largest absolute Gasteiger partial charge is 0.383 e. The van der Waals surface area contributed by atoms with Crippen molar-refractivity contribution in [2.45, 2.75) is 26.8 Å². The number of urea groups is 1. The van der Waals surface area contributed by atoms with Gasteiger partial charge in [-0.3, -0.25) is 9.36 Å². The van der Waals surface area contributed by atoms with Gasteiger partial charge < -0.3 is 15.0 Å². The monoisotopic (exact) mass is 548 g/mol. The van der Waals surface area contributed by atoms with E-state index in [9.17, 15) is 9.59 Å². The number of aromatic nitrogens is 2. The van der Waals surface area contributed by atoms with Gasteiger partial charge in [-0.05, 0) is 72.6 Å². The Morgan fingerprint density at radius 1 is 1.11 bits per heavy atom. The van der Waals surface area contributed by atoms with Gasteiger partial charge in [0.15, 0.2) is 0 Å². The van der Waals surface area contributed by atoms with Crippen LogP contribution in [0.1, 0.15) is 29.9 Å². The molecule has 0 fully saturated rings. The number of rotatable bonds is 7. The SMILES string of the molecule is COCCN(C(=O)Nc1ccccc1Br)C(C)c1nc2ccccc2c(=O)n1-c1ccc(C)cc1C. The summed E-state index contributed by atoms with van der Waals surface area (Å²) in [4.78, 5) is 33.9. The lowest BCUT2D eigenvalue weighted by molar-refractivity contribution is 0.137. The van der Waals surface area contributed by atoms with Gasteiger partial charge in [-0.2, -0.15) is 0 Å². The van der Waals surface area contributed by atoms with Gasteiger partial charge in [0.1, 0.15) is 5.82 Å². The van der Waals surface area contributed by atoms with Crippen molar-refractivity contribution in [1.82, 2.24) is 14.5 Å². The number of methoxy groups -OCH3 is 1. The van der Waals surface area contributed by atoms with Crippen molar-refractivity contribution in [2.24, 2.45) is 0 Å². The fourth-order valence-corrected chi connectivity index (χ4v) is 4.65. The van der Waals surface area contributed by atoms with Crippen molar-refractivity contribution < 1.29 is 9.53 Å². The van der Waals surface area contributed by atoms with Crippen LogP contribution in [0, 0.1) is 13.8 Å². The molecule has 0 aliphatic heterocycles. The third-order valence-corrected chi connectivity index (χ3v) is 6.84. The highest BCUT2D eigenvalue weighted by Gasteiger charge is 2.27. The van der Waals surface area contributed by atoms with Crippen molar-refractivity contribution in [3.8, 4) is 5.69 Å². The zero-order valence-electron chi connectivity index (χ0n) is 20.8. The lowest BCUT2D eigenvalue weighted by Gasteiger charge is -2.31. The number of aryl methyl sites for hydroxylation is 2. The minimum atomic E-state index is -0.541. The molecule has 4 rings (SSSR count). The van der Waals surface area contributed by atoms with Crippen molar-refractivity contribution in [3.63, 3.8) is 0 Å². The Bertz CT molecular complexity index is 1470. The summed E-state index contributed by atoms with van der Waals surface area (Å²) in [5.74, 6) is 0.476. The third-order valence-electron chi connectivity index (χ3n) is 6.15. The molecular weight excluding hydrogens is 520 g/mol. The molecule has 1 atom stereocenters. The molecule has 36 heavy (non-hydrogen) atoms. The Morgan fingerprint density at radius 2 is 1.83 bits per heavy atom. The number of ether oxygens (including phenoxy) is 1. The van der Waals surface area contributed by atoms with E-state index >= 15 is 0 Å². The first-order valence-electron chi connectivity index (χ1n) is 11.7. The number of benzene rings is 3. The number of anilines is 1. The fourth-order valence-electron chi connectivity index (χ4n) is 4.27. The highest BCUT2D eigenvalue weighted by atomic mass is 79.9. The number of carbonyl (C=O) groups excluding carboxylic acids is 1. The van der Waals surface area contributed by atoms with Gasteiger partial charge in [0, 0.05) is 18.1 Å². The minimum Gasteiger partial charge on any atom is -0.383 e. The van der Waals surface area contributed by atoms with E-state index in [0.717, 1.165) is 21.3 Å². The molecule has 1 unspecified atom stereocenters. The second-order valence-electron chi connectivity index (χ2n) is 8.69. The molecule has 3 aromatic carbocycles. The molecule has 0 aliphatic carbocycles. The molecule has 8 heteroatoms. The molecule has 0 saturated carbocycles. The van der Waals surface area contributed by atoms with E-state index in [1.807, 2.05) is 81.4 Å². The van der Waals surface area contributed by atoms with Gasteiger partial charge in [0.25, 0.3) is 5.56 Å². The number of halogens is 1. The van der Waals surface area contributed by atoms with Gasteiger partial charge in [0.05, 0.1) is 34.9 Å². The molecular formula is C28H29BrN4O3. The normalized spacial score (nSPS) is 11.9. The maximum Gasteiger partial charge on any atom is 0.322 e. The number of hydrogen-bond donors (Lipinski definition) is 1. The van der Waals surface area contributed by atoms with Gasteiger partial charge in [0.2, 0.25) is 0 Å². The highest BCUT2D eigenvalue weighted by molar-refractivity contribution is 9.10. The third kappa shape index (κ3) is 5.20. The summed E-state index contributed by atoms with van der Waals surface area (Å²) in [6.45, 7) is 6.51. The average Bonchev–Trinajstić information content (AvgIpc) is 2.86. The quantitative estimate of drug-likeness (QED) is 0.307. The number of carbonyl (C=O) groups is 1. The Hall–Kier alpha value is -3.49. The summed E-state index contributed by atoms with van der Waals surface area (Å²) in [5.41, 5.74) is 3.85. The molecule has 0 radical (unpaired) electrons. The molecule has 186 valence electrons. The average molecular weight is 549 g/mol. The van der Waals surface area contributed by atoms with E-state index in [1.165, 1.54) is 0 Å². The molecule has 1 aromatic heterocycles. The first kappa shape index (κ1) is 25.6. The van der Waals surface area contributed by atoms with Crippen LogP contribution in [0.5, 0.6) is 0 Å². The van der Waals surface area contributed by atoms with E-state index in [-0.39, 0.29) is 11.6 Å². The Morgan fingerprint density at radius 3 is 2.56 bits per heavy atom. The van der Waals surface area contributed by atoms with Crippen LogP contribution >= 0.6 is 15.9 Å². The maximum absolute atomic E-state index is 13.8. The van der Waals surface area contributed by atoms with Crippen molar-refractivity contribution in [2.75, 3.05) is 25.6 Å². The standard InChI is InChI=1S/C28H29BrN4O3/c1-18-13-14-25(19(2)17-18)33-26(30-23-11-7-5-9-21(23)27(33)34)20(3)32(15-16-36-4)28(35)31-24-12-8-6-10-22(24)29/h5-14,17,20H,15-16H2,1-4H3,(H,31,35). The first-order chi connectivity index (χ1) is 17.3. The van der Waals surface area contributed by atoms with Crippen molar-refractivity contribution in [1.29, 1.82) is 0 Å². The van der Waals surface area contributed by atoms with E-state index < -0.39 is 6.04 Å². The van der Waals surface area contributed by atoms with E-state index in [4.69, 9.17) is 9.72 Å². The molecule has 2 amide bonds. The van der Waals surface area contributed by atoms with Crippen LogP contribution in [-0.2, 0) is 4.74 Å². The molecule has 0 aliphatic rings. The Labute approximate surface area is 218 Å². The number of nitrogens with one attached hydrogen (secondary N) is 1. The molecule has 7 nitrogen and oxygen atoms in total. The van der Waals surface area contributed by atoms with Crippen molar-refractivity contribution in [3.05, 3.63) is 98.5 Å². The fraction of sp³-hybridized carbons (Fsp3) is 0.250. The van der Waals surface area contributed by atoms with Gasteiger partial charge in [-0.25, -0.2) is 9.78 Å². The van der Waals surface area contributed by atoms with Gasteiger partial charge >= 0.3 is 6.03 Å². The van der Waals surface area contributed by atoms with Crippen LogP contribution < -0.4 is 10.9 Å².